The van der Waals surface area contributed by atoms with E-state index in [0.717, 1.165) is 10.8 Å². The van der Waals surface area contributed by atoms with E-state index < -0.39 is 0 Å². The largest absolute Gasteiger partial charge is 0.487 e. The fourth-order valence-electron chi connectivity index (χ4n) is 1.79. The van der Waals surface area contributed by atoms with Gasteiger partial charge < -0.3 is 9.47 Å². The molecule has 22 heavy (non-hydrogen) atoms. The summed E-state index contributed by atoms with van der Waals surface area (Å²) in [7, 11) is 0. The van der Waals surface area contributed by atoms with Gasteiger partial charge in [-0.3, -0.25) is 0 Å². The quantitative estimate of drug-likeness (QED) is 0.775. The van der Waals surface area contributed by atoms with E-state index in [2.05, 4.69) is 25.8 Å². The van der Waals surface area contributed by atoms with Crippen molar-refractivity contribution in [1.82, 2.24) is 4.98 Å². The van der Waals surface area contributed by atoms with E-state index in [1.807, 2.05) is 30.3 Å². The number of hydrogen-bond donors (Lipinski definition) is 0. The predicted octanol–water partition coefficient (Wildman–Crippen LogP) is 4.20. The molecular weight excluding hydrogens is 298 g/mol. The molecule has 0 aliphatic heterocycles. The Kier molecular flexibility index (Phi) is 5.19. The van der Waals surface area contributed by atoms with Crippen LogP contribution in [0, 0.1) is 0 Å². The average molecular weight is 319 g/mol. The number of aromatic nitrogens is 1. The van der Waals surface area contributed by atoms with Gasteiger partial charge in [0.15, 0.2) is 0 Å². The first-order chi connectivity index (χ1) is 10.4. The van der Waals surface area contributed by atoms with Crippen LogP contribution in [-0.2, 0) is 16.8 Å². The lowest BCUT2D eigenvalue weighted by atomic mass is 9.98. The van der Waals surface area contributed by atoms with Crippen molar-refractivity contribution in [3.05, 3.63) is 45.9 Å². The number of hydrogen-bond acceptors (Lipinski definition) is 5. The molecule has 0 atom stereocenters. The third-order valence-corrected chi connectivity index (χ3v) is 4.42. The van der Waals surface area contributed by atoms with E-state index >= 15 is 0 Å². The van der Waals surface area contributed by atoms with E-state index in [4.69, 9.17) is 9.47 Å². The van der Waals surface area contributed by atoms with Gasteiger partial charge in [-0.05, 0) is 19.1 Å². The van der Waals surface area contributed by atoms with Crippen molar-refractivity contribution >= 4 is 17.3 Å². The second-order valence-electron chi connectivity index (χ2n) is 5.87. The van der Waals surface area contributed by atoms with Crippen LogP contribution in [0.4, 0.5) is 0 Å². The Morgan fingerprint density at radius 2 is 1.91 bits per heavy atom. The molecule has 0 fully saturated rings. The zero-order valence-corrected chi connectivity index (χ0v) is 14.2. The van der Waals surface area contributed by atoms with E-state index in [-0.39, 0.29) is 18.0 Å². The summed E-state index contributed by atoms with van der Waals surface area (Å²) in [5, 5.41) is 0.905. The van der Waals surface area contributed by atoms with Crippen LogP contribution >= 0.6 is 11.3 Å². The van der Waals surface area contributed by atoms with Gasteiger partial charge in [-0.25, -0.2) is 9.78 Å². The standard InChI is InChI=1S/C17H21NO3S/c1-5-20-15(19)14-13(18-16(22-14)17(2,3)4)11-21-12-9-7-6-8-10-12/h6-10H,5,11H2,1-4H3. The van der Waals surface area contributed by atoms with E-state index in [0.29, 0.717) is 17.2 Å². The molecule has 2 aromatic rings. The molecule has 0 aliphatic rings. The van der Waals surface area contributed by atoms with Crippen LogP contribution in [0.2, 0.25) is 0 Å². The highest BCUT2D eigenvalue weighted by Crippen LogP contribution is 2.30. The number of ether oxygens (including phenoxy) is 2. The Labute approximate surface area is 135 Å². The second kappa shape index (κ2) is 6.92. The molecule has 0 amide bonds. The molecule has 5 heteroatoms. The Balaban J connectivity index is 2.24. The minimum atomic E-state index is -0.331. The molecular formula is C17H21NO3S. The number of rotatable bonds is 5. The number of nitrogens with zero attached hydrogens (tertiary/aromatic N) is 1. The molecule has 0 bridgehead atoms. The SMILES string of the molecule is CCOC(=O)c1sc(C(C)(C)C)nc1COc1ccccc1. The van der Waals surface area contributed by atoms with Crippen LogP contribution in [0.15, 0.2) is 30.3 Å². The molecule has 0 unspecified atom stereocenters. The molecule has 1 aromatic heterocycles. The lowest BCUT2D eigenvalue weighted by Gasteiger charge is -2.13. The third-order valence-electron chi connectivity index (χ3n) is 2.92. The van der Waals surface area contributed by atoms with Crippen LogP contribution in [0.3, 0.4) is 0 Å². The summed E-state index contributed by atoms with van der Waals surface area (Å²) in [5.74, 6) is 0.421. The molecule has 1 aromatic carbocycles. The monoisotopic (exact) mass is 319 g/mol. The number of esters is 1. The summed E-state index contributed by atoms with van der Waals surface area (Å²) in [6.45, 7) is 8.61. The van der Waals surface area contributed by atoms with Crippen molar-refractivity contribution in [3.8, 4) is 5.75 Å². The summed E-state index contributed by atoms with van der Waals surface area (Å²) in [4.78, 5) is 17.2. The van der Waals surface area contributed by atoms with Crippen molar-refractivity contribution in [1.29, 1.82) is 0 Å². The van der Waals surface area contributed by atoms with Crippen LogP contribution in [-0.4, -0.2) is 17.6 Å². The number of thiazole rings is 1. The first kappa shape index (κ1) is 16.5. The highest BCUT2D eigenvalue weighted by Gasteiger charge is 2.25. The number of carbonyl (C=O) groups excluding carboxylic acids is 1. The molecule has 118 valence electrons. The maximum absolute atomic E-state index is 12.1. The smallest absolute Gasteiger partial charge is 0.350 e. The number of para-hydroxylation sites is 1. The predicted molar refractivity (Wildman–Crippen MR) is 87.5 cm³/mol. The van der Waals surface area contributed by atoms with Gasteiger partial charge >= 0.3 is 5.97 Å². The Bertz CT molecular complexity index is 629. The number of benzene rings is 1. The van der Waals surface area contributed by atoms with Gasteiger partial charge in [-0.2, -0.15) is 0 Å². The normalized spacial score (nSPS) is 11.3. The highest BCUT2D eigenvalue weighted by atomic mass is 32.1. The van der Waals surface area contributed by atoms with Crippen molar-refractivity contribution in [2.75, 3.05) is 6.61 Å². The van der Waals surface area contributed by atoms with Crippen molar-refractivity contribution in [3.63, 3.8) is 0 Å². The number of carbonyl (C=O) groups is 1. The van der Waals surface area contributed by atoms with Gasteiger partial charge in [-0.1, -0.05) is 39.0 Å². The van der Waals surface area contributed by atoms with Gasteiger partial charge in [0.05, 0.1) is 11.6 Å². The maximum atomic E-state index is 12.1. The van der Waals surface area contributed by atoms with Gasteiger partial charge in [-0.15, -0.1) is 11.3 Å². The molecule has 0 radical (unpaired) electrons. The van der Waals surface area contributed by atoms with Crippen molar-refractivity contribution in [2.45, 2.75) is 39.7 Å². The lowest BCUT2D eigenvalue weighted by Crippen LogP contribution is -2.11. The summed E-state index contributed by atoms with van der Waals surface area (Å²) in [6.07, 6.45) is 0. The zero-order chi connectivity index (χ0) is 16.2. The fraction of sp³-hybridized carbons (Fsp3) is 0.412. The summed E-state index contributed by atoms with van der Waals surface area (Å²) < 4.78 is 10.8. The summed E-state index contributed by atoms with van der Waals surface area (Å²) in [5.41, 5.74) is 0.522. The van der Waals surface area contributed by atoms with Crippen molar-refractivity contribution in [2.24, 2.45) is 0 Å². The molecule has 4 nitrogen and oxygen atoms in total. The molecule has 0 aliphatic carbocycles. The third kappa shape index (κ3) is 4.07. The first-order valence-electron chi connectivity index (χ1n) is 7.27. The summed E-state index contributed by atoms with van der Waals surface area (Å²) in [6, 6.07) is 9.49. The molecule has 0 N–H and O–H groups in total. The lowest BCUT2D eigenvalue weighted by molar-refractivity contribution is 0.0529. The minimum Gasteiger partial charge on any atom is -0.487 e. The van der Waals surface area contributed by atoms with Crippen LogP contribution in [0.1, 0.15) is 48.1 Å². The zero-order valence-electron chi connectivity index (χ0n) is 13.4. The van der Waals surface area contributed by atoms with Gasteiger partial charge in [0.2, 0.25) is 0 Å². The fourth-order valence-corrected chi connectivity index (χ4v) is 2.81. The van der Waals surface area contributed by atoms with E-state index in [9.17, 15) is 4.79 Å². The molecule has 2 rings (SSSR count). The molecule has 0 spiro atoms. The molecule has 1 heterocycles. The molecule has 0 saturated carbocycles. The van der Waals surface area contributed by atoms with E-state index in [1.165, 1.54) is 11.3 Å². The Hall–Kier alpha value is -1.88. The summed E-state index contributed by atoms with van der Waals surface area (Å²) >= 11 is 1.38. The van der Waals surface area contributed by atoms with Gasteiger partial charge in [0.25, 0.3) is 0 Å². The Morgan fingerprint density at radius 3 is 2.50 bits per heavy atom. The molecule has 0 saturated heterocycles. The van der Waals surface area contributed by atoms with Gasteiger partial charge in [0.1, 0.15) is 22.9 Å². The highest BCUT2D eigenvalue weighted by molar-refractivity contribution is 7.13. The van der Waals surface area contributed by atoms with Crippen molar-refractivity contribution < 1.29 is 14.3 Å². The average Bonchev–Trinajstić information content (AvgIpc) is 2.91. The topological polar surface area (TPSA) is 48.4 Å². The van der Waals surface area contributed by atoms with Crippen LogP contribution in [0.25, 0.3) is 0 Å². The van der Waals surface area contributed by atoms with Gasteiger partial charge in [0, 0.05) is 5.41 Å². The maximum Gasteiger partial charge on any atom is 0.350 e. The first-order valence-corrected chi connectivity index (χ1v) is 8.08. The Morgan fingerprint density at radius 1 is 1.23 bits per heavy atom. The van der Waals surface area contributed by atoms with E-state index in [1.54, 1.807) is 6.92 Å². The second-order valence-corrected chi connectivity index (χ2v) is 6.87. The van der Waals surface area contributed by atoms with Crippen LogP contribution < -0.4 is 4.74 Å². The minimum absolute atomic E-state index is 0.114. The van der Waals surface area contributed by atoms with Crippen LogP contribution in [0.5, 0.6) is 5.75 Å².